The molecule has 0 unspecified atom stereocenters. The van der Waals surface area contributed by atoms with Gasteiger partial charge >= 0.3 is 0 Å². The molecule has 1 N–H and O–H groups in total. The molecule has 3 heterocycles. The Morgan fingerprint density at radius 1 is 1.19 bits per heavy atom. The zero-order chi connectivity index (χ0) is 19.7. The molecule has 148 valence electrons. The van der Waals surface area contributed by atoms with Crippen LogP contribution in [0.4, 0.5) is 0 Å². The van der Waals surface area contributed by atoms with Crippen molar-refractivity contribution in [2.45, 2.75) is 45.4 Å². The Hall–Kier alpha value is -1.93. The Balaban J connectivity index is 1.72. The van der Waals surface area contributed by atoms with Gasteiger partial charge in [-0.25, -0.2) is 17.7 Å². The maximum atomic E-state index is 12.7. The first-order chi connectivity index (χ1) is 12.7. The third kappa shape index (κ3) is 4.32. The van der Waals surface area contributed by atoms with E-state index in [2.05, 4.69) is 10.3 Å². The number of piperidine rings is 1. The monoisotopic (exact) mass is 392 g/mol. The first-order valence-corrected chi connectivity index (χ1v) is 11.0. The van der Waals surface area contributed by atoms with Gasteiger partial charge in [-0.15, -0.1) is 0 Å². The summed E-state index contributed by atoms with van der Waals surface area (Å²) >= 11 is 0. The molecule has 27 heavy (non-hydrogen) atoms. The number of carbonyl (C=O) groups is 1. The standard InChI is InChI=1S/C19H28N4O3S/c1-19(2,3)18-21-16(15-9-5-8-13-23(15)18)17(24)20-10-14-27(25,26)22-11-6-4-7-12-22/h5,8-9,13H,4,6-7,10-12,14H2,1-3H3,(H,20,24). The van der Waals surface area contributed by atoms with E-state index in [0.29, 0.717) is 18.8 Å². The second kappa shape index (κ2) is 7.59. The third-order valence-electron chi connectivity index (χ3n) is 4.79. The third-order valence-corrected chi connectivity index (χ3v) is 6.66. The summed E-state index contributed by atoms with van der Waals surface area (Å²) in [5.74, 6) is 0.364. The lowest BCUT2D eigenvalue weighted by Crippen LogP contribution is -2.40. The van der Waals surface area contributed by atoms with Gasteiger partial charge in [0.1, 0.15) is 5.82 Å². The van der Waals surface area contributed by atoms with Crippen LogP contribution in [0.3, 0.4) is 0 Å². The van der Waals surface area contributed by atoms with Crippen LogP contribution in [0, 0.1) is 0 Å². The van der Waals surface area contributed by atoms with Crippen LogP contribution < -0.4 is 5.32 Å². The fraction of sp³-hybridized carbons (Fsp3) is 0.579. The Morgan fingerprint density at radius 2 is 1.89 bits per heavy atom. The second-order valence-electron chi connectivity index (χ2n) is 8.02. The summed E-state index contributed by atoms with van der Waals surface area (Å²) in [6.45, 7) is 7.37. The Bertz CT molecular complexity index is 922. The number of aromatic nitrogens is 2. The maximum Gasteiger partial charge on any atom is 0.272 e. The topological polar surface area (TPSA) is 83.8 Å². The van der Waals surface area contributed by atoms with Crippen LogP contribution in [0.1, 0.15) is 56.3 Å². The minimum Gasteiger partial charge on any atom is -0.350 e. The molecule has 0 atom stereocenters. The van der Waals surface area contributed by atoms with E-state index in [1.54, 1.807) is 0 Å². The molecule has 1 saturated heterocycles. The second-order valence-corrected chi connectivity index (χ2v) is 10.1. The van der Waals surface area contributed by atoms with Gasteiger partial charge < -0.3 is 9.72 Å². The quantitative estimate of drug-likeness (QED) is 0.845. The molecule has 1 aliphatic heterocycles. The number of hydrogen-bond donors (Lipinski definition) is 1. The summed E-state index contributed by atoms with van der Waals surface area (Å²) in [6.07, 6.45) is 4.77. The molecule has 1 amide bonds. The van der Waals surface area contributed by atoms with Crippen LogP contribution in [0.5, 0.6) is 0 Å². The van der Waals surface area contributed by atoms with Gasteiger partial charge in [0.2, 0.25) is 10.0 Å². The van der Waals surface area contributed by atoms with Gasteiger partial charge in [0, 0.05) is 31.2 Å². The van der Waals surface area contributed by atoms with Gasteiger partial charge in [-0.3, -0.25) is 4.79 Å². The molecular weight excluding hydrogens is 364 g/mol. The van der Waals surface area contributed by atoms with Crippen molar-refractivity contribution < 1.29 is 13.2 Å². The van der Waals surface area contributed by atoms with Crippen LogP contribution in [-0.2, 0) is 15.4 Å². The van der Waals surface area contributed by atoms with Gasteiger partial charge in [-0.2, -0.15) is 0 Å². The van der Waals surface area contributed by atoms with Crippen molar-refractivity contribution in [2.75, 3.05) is 25.4 Å². The van der Waals surface area contributed by atoms with E-state index in [-0.39, 0.29) is 23.6 Å². The van der Waals surface area contributed by atoms with E-state index in [1.807, 2.05) is 49.6 Å². The first kappa shape index (κ1) is 19.8. The van der Waals surface area contributed by atoms with Crippen LogP contribution in [0.25, 0.3) is 5.52 Å². The molecule has 0 radical (unpaired) electrons. The zero-order valence-corrected chi connectivity index (χ0v) is 17.1. The number of nitrogens with one attached hydrogen (secondary N) is 1. The summed E-state index contributed by atoms with van der Waals surface area (Å²) in [5, 5.41) is 2.73. The smallest absolute Gasteiger partial charge is 0.272 e. The summed E-state index contributed by atoms with van der Waals surface area (Å²) in [7, 11) is -3.33. The predicted molar refractivity (Wildman–Crippen MR) is 105 cm³/mol. The highest BCUT2D eigenvalue weighted by molar-refractivity contribution is 7.89. The van der Waals surface area contributed by atoms with Crippen molar-refractivity contribution in [2.24, 2.45) is 0 Å². The first-order valence-electron chi connectivity index (χ1n) is 9.44. The van der Waals surface area contributed by atoms with Crippen molar-refractivity contribution in [3.63, 3.8) is 0 Å². The van der Waals surface area contributed by atoms with Crippen LogP contribution in [0.15, 0.2) is 24.4 Å². The molecule has 0 aliphatic carbocycles. The van der Waals surface area contributed by atoms with E-state index < -0.39 is 10.0 Å². The van der Waals surface area contributed by atoms with E-state index in [0.717, 1.165) is 30.6 Å². The molecule has 0 aromatic carbocycles. The largest absolute Gasteiger partial charge is 0.350 e. The summed E-state index contributed by atoms with van der Waals surface area (Å²) in [6, 6.07) is 5.61. The molecule has 1 aliphatic rings. The zero-order valence-electron chi connectivity index (χ0n) is 16.2. The van der Waals surface area contributed by atoms with Gasteiger partial charge in [0.15, 0.2) is 5.69 Å². The average Bonchev–Trinajstić information content (AvgIpc) is 3.02. The fourth-order valence-electron chi connectivity index (χ4n) is 3.38. The van der Waals surface area contributed by atoms with Crippen LogP contribution in [-0.4, -0.2) is 53.4 Å². The molecule has 7 nitrogen and oxygen atoms in total. The van der Waals surface area contributed by atoms with Crippen LogP contribution >= 0.6 is 0 Å². The summed E-state index contributed by atoms with van der Waals surface area (Å²) in [5.41, 5.74) is 0.829. The summed E-state index contributed by atoms with van der Waals surface area (Å²) in [4.78, 5) is 17.2. The Kier molecular flexibility index (Phi) is 5.58. The lowest BCUT2D eigenvalue weighted by molar-refractivity contribution is 0.0953. The van der Waals surface area contributed by atoms with Crippen molar-refractivity contribution in [3.05, 3.63) is 35.9 Å². The molecule has 0 saturated carbocycles. The van der Waals surface area contributed by atoms with Crippen molar-refractivity contribution in [1.82, 2.24) is 19.0 Å². The van der Waals surface area contributed by atoms with Crippen molar-refractivity contribution >= 4 is 21.4 Å². The van der Waals surface area contributed by atoms with Gasteiger partial charge in [0.25, 0.3) is 5.91 Å². The predicted octanol–water partition coefficient (Wildman–Crippen LogP) is 2.18. The minimum atomic E-state index is -3.33. The fourth-order valence-corrected chi connectivity index (χ4v) is 4.82. The summed E-state index contributed by atoms with van der Waals surface area (Å²) < 4.78 is 28.3. The van der Waals surface area contributed by atoms with Crippen molar-refractivity contribution in [1.29, 1.82) is 0 Å². The number of carbonyl (C=O) groups excluding carboxylic acids is 1. The molecule has 0 bridgehead atoms. The highest BCUT2D eigenvalue weighted by Crippen LogP contribution is 2.24. The molecule has 3 rings (SSSR count). The van der Waals surface area contributed by atoms with Crippen molar-refractivity contribution in [3.8, 4) is 0 Å². The van der Waals surface area contributed by atoms with E-state index in [1.165, 1.54) is 4.31 Å². The minimum absolute atomic E-state index is 0.0777. The molecular formula is C19H28N4O3S. The number of fused-ring (bicyclic) bond motifs is 1. The molecule has 8 heteroatoms. The number of nitrogens with zero attached hydrogens (tertiary/aromatic N) is 3. The lowest BCUT2D eigenvalue weighted by Gasteiger charge is -2.25. The van der Waals surface area contributed by atoms with Gasteiger partial charge in [0.05, 0.1) is 11.3 Å². The van der Waals surface area contributed by atoms with E-state index in [9.17, 15) is 13.2 Å². The molecule has 2 aromatic rings. The number of rotatable bonds is 5. The number of pyridine rings is 1. The number of imidazole rings is 1. The van der Waals surface area contributed by atoms with Crippen LogP contribution in [0.2, 0.25) is 0 Å². The molecule has 1 fully saturated rings. The number of sulfonamides is 1. The molecule has 2 aromatic heterocycles. The lowest BCUT2D eigenvalue weighted by atomic mass is 9.96. The van der Waals surface area contributed by atoms with E-state index in [4.69, 9.17) is 0 Å². The number of hydrogen-bond acceptors (Lipinski definition) is 4. The average molecular weight is 393 g/mol. The highest BCUT2D eigenvalue weighted by Gasteiger charge is 2.26. The number of amides is 1. The van der Waals surface area contributed by atoms with Gasteiger partial charge in [-0.1, -0.05) is 33.3 Å². The SMILES string of the molecule is CC(C)(C)c1nc(C(=O)NCCS(=O)(=O)N2CCCCC2)c2ccccn12. The Labute approximate surface area is 160 Å². The normalized spacial score (nSPS) is 16.6. The maximum absolute atomic E-state index is 12.7. The highest BCUT2D eigenvalue weighted by atomic mass is 32.2. The van der Waals surface area contributed by atoms with E-state index >= 15 is 0 Å². The van der Waals surface area contributed by atoms with Gasteiger partial charge in [-0.05, 0) is 25.0 Å². The Morgan fingerprint density at radius 3 is 2.56 bits per heavy atom. The molecule has 0 spiro atoms.